The summed E-state index contributed by atoms with van der Waals surface area (Å²) < 4.78 is 5.18. The van der Waals surface area contributed by atoms with Crippen molar-refractivity contribution in [1.82, 2.24) is 15.2 Å². The molecule has 1 aliphatic heterocycles. The second kappa shape index (κ2) is 10.2. The summed E-state index contributed by atoms with van der Waals surface area (Å²) >= 11 is 0. The van der Waals surface area contributed by atoms with E-state index in [0.29, 0.717) is 5.56 Å². The van der Waals surface area contributed by atoms with Gasteiger partial charge in [0.25, 0.3) is 5.91 Å². The van der Waals surface area contributed by atoms with Crippen LogP contribution in [0.5, 0.6) is 5.75 Å². The third-order valence-corrected chi connectivity index (χ3v) is 4.04. The van der Waals surface area contributed by atoms with Gasteiger partial charge in [-0.3, -0.25) is 9.78 Å². The highest BCUT2D eigenvalue weighted by molar-refractivity contribution is 5.95. The Hall–Kier alpha value is -1.82. The normalized spacial score (nSPS) is 13.9. The van der Waals surface area contributed by atoms with Crippen molar-refractivity contribution in [2.24, 2.45) is 0 Å². The molecule has 7 heteroatoms. The summed E-state index contributed by atoms with van der Waals surface area (Å²) in [7, 11) is 1.64. The van der Waals surface area contributed by atoms with Gasteiger partial charge in [0.05, 0.1) is 12.7 Å². The van der Waals surface area contributed by atoms with E-state index in [9.17, 15) is 4.79 Å². The number of carbonyl (C=O) groups excluding carboxylic acids is 1. The summed E-state index contributed by atoms with van der Waals surface area (Å²) in [4.78, 5) is 18.8. The lowest BCUT2D eigenvalue weighted by molar-refractivity contribution is 0.0766. The van der Waals surface area contributed by atoms with Crippen LogP contribution in [0, 0.1) is 0 Å². The standard InChI is InChI=1S/C18H21N3O2.2ClH/c1-23-17-5-3-14(4-6-17)15-11-16(13-20-12-15)18(22)21-9-2-7-19-8-10-21;;/h3-6,11-13,19H,2,7-10H2,1H3;2*1H. The quantitative estimate of drug-likeness (QED) is 0.884. The Labute approximate surface area is 160 Å². The number of benzene rings is 1. The maximum absolute atomic E-state index is 12.7. The van der Waals surface area contributed by atoms with E-state index in [2.05, 4.69) is 10.3 Å². The Balaban J connectivity index is 0.00000156. The van der Waals surface area contributed by atoms with Gasteiger partial charge in [-0.25, -0.2) is 0 Å². The Bertz CT molecular complexity index is 672. The van der Waals surface area contributed by atoms with E-state index in [-0.39, 0.29) is 30.7 Å². The van der Waals surface area contributed by atoms with Gasteiger partial charge in [0.2, 0.25) is 0 Å². The van der Waals surface area contributed by atoms with Crippen molar-refractivity contribution in [2.45, 2.75) is 6.42 Å². The van der Waals surface area contributed by atoms with E-state index in [1.807, 2.05) is 35.2 Å². The maximum atomic E-state index is 12.7. The number of halogens is 2. The van der Waals surface area contributed by atoms with Crippen LogP contribution in [0.1, 0.15) is 16.8 Å². The SMILES string of the molecule is COc1ccc(-c2cncc(C(=O)N3CCCNCC3)c2)cc1.Cl.Cl. The molecule has 5 nitrogen and oxygen atoms in total. The Morgan fingerprint density at radius 2 is 1.84 bits per heavy atom. The summed E-state index contributed by atoms with van der Waals surface area (Å²) in [6.45, 7) is 3.34. The van der Waals surface area contributed by atoms with Crippen LogP contribution in [0.3, 0.4) is 0 Å². The van der Waals surface area contributed by atoms with Crippen LogP contribution in [0.25, 0.3) is 11.1 Å². The van der Waals surface area contributed by atoms with E-state index in [4.69, 9.17) is 4.74 Å². The highest BCUT2D eigenvalue weighted by Crippen LogP contribution is 2.23. The number of rotatable bonds is 3. The molecule has 0 saturated carbocycles. The topological polar surface area (TPSA) is 54.5 Å². The monoisotopic (exact) mass is 383 g/mol. The molecule has 0 bridgehead atoms. The average Bonchev–Trinajstić information content (AvgIpc) is 2.91. The largest absolute Gasteiger partial charge is 0.497 e. The van der Waals surface area contributed by atoms with Gasteiger partial charge in [-0.1, -0.05) is 12.1 Å². The van der Waals surface area contributed by atoms with Crippen LogP contribution in [-0.4, -0.2) is 49.1 Å². The number of hydrogen-bond acceptors (Lipinski definition) is 4. The molecule has 136 valence electrons. The smallest absolute Gasteiger partial charge is 0.255 e. The second-order valence-corrected chi connectivity index (χ2v) is 5.59. The predicted molar refractivity (Wildman–Crippen MR) is 104 cm³/mol. The van der Waals surface area contributed by atoms with Gasteiger partial charge in [0.1, 0.15) is 5.75 Å². The Morgan fingerprint density at radius 1 is 1.08 bits per heavy atom. The first-order valence-corrected chi connectivity index (χ1v) is 7.87. The van der Waals surface area contributed by atoms with Crippen molar-refractivity contribution in [3.05, 3.63) is 48.3 Å². The summed E-state index contributed by atoms with van der Waals surface area (Å²) in [5.74, 6) is 0.863. The fourth-order valence-corrected chi connectivity index (χ4v) is 2.73. The minimum absolute atomic E-state index is 0. The van der Waals surface area contributed by atoms with Crippen LogP contribution in [0.2, 0.25) is 0 Å². The molecule has 1 aliphatic rings. The lowest BCUT2D eigenvalue weighted by Gasteiger charge is -2.20. The molecule has 1 fully saturated rings. The number of aromatic nitrogens is 1. The molecule has 3 rings (SSSR count). The minimum Gasteiger partial charge on any atom is -0.497 e. The van der Waals surface area contributed by atoms with Crippen molar-refractivity contribution < 1.29 is 9.53 Å². The summed E-state index contributed by atoms with van der Waals surface area (Å²) in [5.41, 5.74) is 2.59. The number of carbonyl (C=O) groups is 1. The number of ether oxygens (including phenoxy) is 1. The van der Waals surface area contributed by atoms with Crippen molar-refractivity contribution in [3.8, 4) is 16.9 Å². The maximum Gasteiger partial charge on any atom is 0.255 e. The van der Waals surface area contributed by atoms with Crippen molar-refractivity contribution >= 4 is 30.7 Å². The van der Waals surface area contributed by atoms with Gasteiger partial charge in [-0.15, -0.1) is 24.8 Å². The lowest BCUT2D eigenvalue weighted by atomic mass is 10.1. The molecule has 0 spiro atoms. The number of methoxy groups -OCH3 is 1. The highest BCUT2D eigenvalue weighted by atomic mass is 35.5. The number of pyridine rings is 1. The minimum atomic E-state index is 0. The zero-order valence-corrected chi connectivity index (χ0v) is 15.7. The van der Waals surface area contributed by atoms with Gasteiger partial charge < -0.3 is 15.0 Å². The van der Waals surface area contributed by atoms with Crippen LogP contribution in [0.15, 0.2) is 42.7 Å². The van der Waals surface area contributed by atoms with Crippen LogP contribution in [-0.2, 0) is 0 Å². The first-order chi connectivity index (χ1) is 11.3. The molecule has 0 radical (unpaired) electrons. The van der Waals surface area contributed by atoms with Crippen LogP contribution < -0.4 is 10.1 Å². The molecule has 1 aromatic carbocycles. The number of nitrogens with one attached hydrogen (secondary N) is 1. The van der Waals surface area contributed by atoms with E-state index in [1.54, 1.807) is 19.5 Å². The van der Waals surface area contributed by atoms with Crippen LogP contribution >= 0.6 is 24.8 Å². The molecule has 0 unspecified atom stereocenters. The van der Waals surface area contributed by atoms with Crippen LogP contribution in [0.4, 0.5) is 0 Å². The molecule has 2 heterocycles. The van der Waals surface area contributed by atoms with Gasteiger partial charge in [0.15, 0.2) is 0 Å². The van der Waals surface area contributed by atoms with Gasteiger partial charge in [-0.05, 0) is 36.7 Å². The molecular weight excluding hydrogens is 361 g/mol. The Kier molecular flexibility index (Phi) is 8.69. The van der Waals surface area contributed by atoms with E-state index in [1.165, 1.54) is 0 Å². The number of nitrogens with zero attached hydrogens (tertiary/aromatic N) is 2. The third kappa shape index (κ3) is 5.33. The average molecular weight is 384 g/mol. The molecule has 1 N–H and O–H groups in total. The molecule has 25 heavy (non-hydrogen) atoms. The molecule has 2 aromatic rings. The van der Waals surface area contributed by atoms with Gasteiger partial charge >= 0.3 is 0 Å². The van der Waals surface area contributed by atoms with Gasteiger partial charge in [-0.2, -0.15) is 0 Å². The highest BCUT2D eigenvalue weighted by Gasteiger charge is 2.17. The fourth-order valence-electron chi connectivity index (χ4n) is 2.73. The molecular formula is C18H23Cl2N3O2. The molecule has 0 atom stereocenters. The van der Waals surface area contributed by atoms with Crippen molar-refractivity contribution in [1.29, 1.82) is 0 Å². The van der Waals surface area contributed by atoms with Crippen molar-refractivity contribution in [2.75, 3.05) is 33.3 Å². The fraction of sp³-hybridized carbons (Fsp3) is 0.333. The summed E-state index contributed by atoms with van der Waals surface area (Å²) in [6.07, 6.45) is 4.41. The number of amides is 1. The third-order valence-electron chi connectivity index (χ3n) is 4.04. The van der Waals surface area contributed by atoms with E-state index < -0.39 is 0 Å². The first-order valence-electron chi connectivity index (χ1n) is 7.87. The van der Waals surface area contributed by atoms with Crippen molar-refractivity contribution in [3.63, 3.8) is 0 Å². The van der Waals surface area contributed by atoms with Gasteiger partial charge in [0, 0.05) is 37.6 Å². The summed E-state index contributed by atoms with van der Waals surface area (Å²) in [6, 6.07) is 9.67. The molecule has 1 aromatic heterocycles. The lowest BCUT2D eigenvalue weighted by Crippen LogP contribution is -2.34. The summed E-state index contributed by atoms with van der Waals surface area (Å²) in [5, 5.41) is 3.31. The van der Waals surface area contributed by atoms with E-state index in [0.717, 1.165) is 49.5 Å². The van der Waals surface area contributed by atoms with E-state index >= 15 is 0 Å². The number of hydrogen-bond donors (Lipinski definition) is 1. The zero-order chi connectivity index (χ0) is 16.1. The second-order valence-electron chi connectivity index (χ2n) is 5.59. The Morgan fingerprint density at radius 3 is 2.56 bits per heavy atom. The first kappa shape index (κ1) is 21.2. The molecule has 1 amide bonds. The predicted octanol–water partition coefficient (Wildman–Crippen LogP) is 3.04. The molecule has 1 saturated heterocycles. The zero-order valence-electron chi connectivity index (χ0n) is 14.1. The molecule has 0 aliphatic carbocycles.